The molecule has 0 amide bonds. The number of hydrogen-bond acceptors (Lipinski definition) is 3. The molecule has 0 fully saturated rings. The van der Waals surface area contributed by atoms with Crippen LogP contribution in [-0.2, 0) is 12.8 Å². The second-order valence-electron chi connectivity index (χ2n) is 5.38. The molecule has 3 rings (SSSR count). The number of pyridine rings is 1. The van der Waals surface area contributed by atoms with Crippen LogP contribution in [0.15, 0.2) is 30.3 Å². The van der Waals surface area contributed by atoms with E-state index >= 15 is 0 Å². The number of aryl methyl sites for hydroxylation is 3. The van der Waals surface area contributed by atoms with Gasteiger partial charge in [-0.3, -0.25) is 0 Å². The van der Waals surface area contributed by atoms with E-state index in [-0.39, 0.29) is 11.4 Å². The fraction of sp³-hybridized carbons (Fsp3) is 0.294. The fourth-order valence-electron chi connectivity index (χ4n) is 2.64. The second kappa shape index (κ2) is 5.56. The maximum atomic E-state index is 11.4. The summed E-state index contributed by atoms with van der Waals surface area (Å²) in [6.07, 6.45) is 3.97. The predicted molar refractivity (Wildman–Crippen MR) is 79.1 cm³/mol. The van der Waals surface area contributed by atoms with Gasteiger partial charge in [-0.1, -0.05) is 12.1 Å². The van der Waals surface area contributed by atoms with Gasteiger partial charge in [-0.25, -0.2) is 9.78 Å². The van der Waals surface area contributed by atoms with Crippen LogP contribution >= 0.6 is 0 Å². The first-order chi connectivity index (χ1) is 10.1. The van der Waals surface area contributed by atoms with Crippen LogP contribution in [0.25, 0.3) is 0 Å². The standard InChI is InChI=1S/C17H17NO3/c1-11-5-4-7-13(9-11)21-16-14(17(19)20)10-12-6-2-3-8-15(12)18-16/h4-5,7,9-10H,2-3,6,8H2,1H3,(H,19,20). The molecule has 2 aromatic rings. The number of ether oxygens (including phenoxy) is 1. The van der Waals surface area contributed by atoms with Crippen LogP contribution < -0.4 is 4.74 Å². The Labute approximate surface area is 123 Å². The Bertz CT molecular complexity index is 694. The lowest BCUT2D eigenvalue weighted by molar-refractivity contribution is 0.0693. The molecule has 0 bridgehead atoms. The Morgan fingerprint density at radius 1 is 1.24 bits per heavy atom. The maximum absolute atomic E-state index is 11.4. The van der Waals surface area contributed by atoms with Crippen molar-refractivity contribution in [3.63, 3.8) is 0 Å². The van der Waals surface area contributed by atoms with Gasteiger partial charge in [0.25, 0.3) is 0 Å². The highest BCUT2D eigenvalue weighted by atomic mass is 16.5. The van der Waals surface area contributed by atoms with Crippen LogP contribution in [0, 0.1) is 6.92 Å². The van der Waals surface area contributed by atoms with Crippen LogP contribution in [0.5, 0.6) is 11.6 Å². The average molecular weight is 283 g/mol. The van der Waals surface area contributed by atoms with Gasteiger partial charge in [0.2, 0.25) is 5.88 Å². The number of aromatic nitrogens is 1. The smallest absolute Gasteiger partial charge is 0.341 e. The molecule has 4 heteroatoms. The zero-order chi connectivity index (χ0) is 14.8. The first-order valence-electron chi connectivity index (χ1n) is 7.14. The highest BCUT2D eigenvalue weighted by molar-refractivity contribution is 5.90. The lowest BCUT2D eigenvalue weighted by atomic mass is 9.95. The third-order valence-corrected chi connectivity index (χ3v) is 3.70. The molecule has 0 atom stereocenters. The monoisotopic (exact) mass is 283 g/mol. The quantitative estimate of drug-likeness (QED) is 0.931. The zero-order valence-corrected chi connectivity index (χ0v) is 11.9. The van der Waals surface area contributed by atoms with Gasteiger partial charge < -0.3 is 9.84 Å². The molecule has 1 aromatic heterocycles. The number of rotatable bonds is 3. The fourth-order valence-corrected chi connectivity index (χ4v) is 2.64. The van der Waals surface area contributed by atoms with E-state index in [2.05, 4.69) is 4.98 Å². The van der Waals surface area contributed by atoms with Gasteiger partial charge >= 0.3 is 5.97 Å². The van der Waals surface area contributed by atoms with Crippen LogP contribution in [-0.4, -0.2) is 16.1 Å². The summed E-state index contributed by atoms with van der Waals surface area (Å²) >= 11 is 0. The Kier molecular flexibility index (Phi) is 3.60. The van der Waals surface area contributed by atoms with Crippen LogP contribution in [0.1, 0.15) is 40.0 Å². The average Bonchev–Trinajstić information content (AvgIpc) is 2.46. The van der Waals surface area contributed by atoms with Gasteiger partial charge in [-0.05, 0) is 61.9 Å². The molecular formula is C17H17NO3. The summed E-state index contributed by atoms with van der Waals surface area (Å²) in [5.41, 5.74) is 3.20. The number of aromatic carboxylic acids is 1. The van der Waals surface area contributed by atoms with Gasteiger partial charge in [0.05, 0.1) is 0 Å². The number of carboxylic acid groups (broad SMARTS) is 1. The molecule has 108 valence electrons. The highest BCUT2D eigenvalue weighted by Crippen LogP contribution is 2.29. The minimum absolute atomic E-state index is 0.136. The summed E-state index contributed by atoms with van der Waals surface area (Å²) in [7, 11) is 0. The molecule has 21 heavy (non-hydrogen) atoms. The molecule has 1 aliphatic rings. The van der Waals surface area contributed by atoms with E-state index in [1.807, 2.05) is 25.1 Å². The summed E-state index contributed by atoms with van der Waals surface area (Å²) in [6.45, 7) is 1.96. The largest absolute Gasteiger partial charge is 0.477 e. The van der Waals surface area contributed by atoms with Crippen molar-refractivity contribution in [1.82, 2.24) is 4.98 Å². The Morgan fingerprint density at radius 2 is 2.05 bits per heavy atom. The van der Waals surface area contributed by atoms with Crippen molar-refractivity contribution >= 4 is 5.97 Å². The Balaban J connectivity index is 2.01. The number of fused-ring (bicyclic) bond motifs is 1. The summed E-state index contributed by atoms with van der Waals surface area (Å²) in [4.78, 5) is 15.9. The third kappa shape index (κ3) is 2.89. The summed E-state index contributed by atoms with van der Waals surface area (Å²) in [5, 5.41) is 9.38. The van der Waals surface area contributed by atoms with E-state index in [0.29, 0.717) is 5.75 Å². The van der Waals surface area contributed by atoms with E-state index < -0.39 is 5.97 Å². The number of benzene rings is 1. The lowest BCUT2D eigenvalue weighted by Gasteiger charge is -2.17. The van der Waals surface area contributed by atoms with Gasteiger partial charge in [-0.2, -0.15) is 0 Å². The highest BCUT2D eigenvalue weighted by Gasteiger charge is 2.20. The molecule has 0 spiro atoms. The van der Waals surface area contributed by atoms with Gasteiger partial charge in [0.15, 0.2) is 0 Å². The zero-order valence-electron chi connectivity index (χ0n) is 11.9. The molecule has 1 N–H and O–H groups in total. The van der Waals surface area contributed by atoms with Gasteiger partial charge in [0.1, 0.15) is 11.3 Å². The van der Waals surface area contributed by atoms with Crippen molar-refractivity contribution in [2.45, 2.75) is 32.6 Å². The molecule has 4 nitrogen and oxygen atoms in total. The number of nitrogens with zero attached hydrogens (tertiary/aromatic N) is 1. The molecule has 0 radical (unpaired) electrons. The molecule has 0 saturated carbocycles. The van der Waals surface area contributed by atoms with E-state index in [1.165, 1.54) is 0 Å². The summed E-state index contributed by atoms with van der Waals surface area (Å²) in [5.74, 6) is -0.201. The molecule has 1 aliphatic carbocycles. The van der Waals surface area contributed by atoms with Crippen molar-refractivity contribution < 1.29 is 14.6 Å². The van der Waals surface area contributed by atoms with Crippen molar-refractivity contribution in [2.75, 3.05) is 0 Å². The topological polar surface area (TPSA) is 59.4 Å². The normalized spacial score (nSPS) is 13.6. The van der Waals surface area contributed by atoms with E-state index in [4.69, 9.17) is 4.74 Å². The SMILES string of the molecule is Cc1cccc(Oc2nc3c(cc2C(=O)O)CCCC3)c1. The minimum Gasteiger partial charge on any atom is -0.477 e. The second-order valence-corrected chi connectivity index (χ2v) is 5.38. The Hall–Kier alpha value is -2.36. The van der Waals surface area contributed by atoms with Crippen molar-refractivity contribution in [1.29, 1.82) is 0 Å². The third-order valence-electron chi connectivity index (χ3n) is 3.70. The van der Waals surface area contributed by atoms with E-state index in [1.54, 1.807) is 12.1 Å². The molecule has 0 aliphatic heterocycles. The molecule has 1 aromatic carbocycles. The van der Waals surface area contributed by atoms with Crippen LogP contribution in [0.4, 0.5) is 0 Å². The summed E-state index contributed by atoms with van der Waals surface area (Å²) < 4.78 is 5.73. The number of hydrogen-bond donors (Lipinski definition) is 1. The summed E-state index contributed by atoms with van der Waals surface area (Å²) in [6, 6.07) is 9.23. The van der Waals surface area contributed by atoms with E-state index in [0.717, 1.165) is 42.5 Å². The minimum atomic E-state index is -1.00. The maximum Gasteiger partial charge on any atom is 0.341 e. The number of carbonyl (C=O) groups is 1. The van der Waals surface area contributed by atoms with Crippen LogP contribution in [0.2, 0.25) is 0 Å². The van der Waals surface area contributed by atoms with Crippen molar-refractivity contribution in [3.05, 3.63) is 52.7 Å². The Morgan fingerprint density at radius 3 is 2.81 bits per heavy atom. The van der Waals surface area contributed by atoms with Crippen molar-refractivity contribution in [2.24, 2.45) is 0 Å². The molecular weight excluding hydrogens is 266 g/mol. The van der Waals surface area contributed by atoms with E-state index in [9.17, 15) is 9.90 Å². The lowest BCUT2D eigenvalue weighted by Crippen LogP contribution is -2.11. The first kappa shape index (κ1) is 13.6. The van der Waals surface area contributed by atoms with Crippen molar-refractivity contribution in [3.8, 4) is 11.6 Å². The first-order valence-corrected chi connectivity index (χ1v) is 7.14. The predicted octanol–water partition coefficient (Wildman–Crippen LogP) is 3.76. The number of carboxylic acids is 1. The molecule has 1 heterocycles. The van der Waals surface area contributed by atoms with Gasteiger partial charge in [-0.15, -0.1) is 0 Å². The molecule has 0 saturated heterocycles. The van der Waals surface area contributed by atoms with Crippen LogP contribution in [0.3, 0.4) is 0 Å². The van der Waals surface area contributed by atoms with Gasteiger partial charge in [0, 0.05) is 5.69 Å². The molecule has 0 unspecified atom stereocenters.